The average Bonchev–Trinajstić information content (AvgIpc) is 2.21. The van der Waals surface area contributed by atoms with Crippen molar-refractivity contribution in [3.05, 3.63) is 48.5 Å². The minimum absolute atomic E-state index is 1.31. The zero-order valence-corrected chi connectivity index (χ0v) is 6.77. The Morgan fingerprint density at radius 3 is 1.08 bits per heavy atom. The number of hydrogen-bond donors (Lipinski definition) is 0. The summed E-state index contributed by atoms with van der Waals surface area (Å²) in [7, 11) is 0. The van der Waals surface area contributed by atoms with Crippen LogP contribution in [0.1, 0.15) is 0 Å². The lowest BCUT2D eigenvalue weighted by molar-refractivity contribution is 1.75. The van der Waals surface area contributed by atoms with Crippen LogP contribution in [0, 0.1) is 12.8 Å². The first-order valence-corrected chi connectivity index (χ1v) is 3.74. The highest BCUT2D eigenvalue weighted by Crippen LogP contribution is 2.11. The van der Waals surface area contributed by atoms with E-state index in [1.807, 2.05) is 0 Å². The van der Waals surface area contributed by atoms with E-state index in [0.29, 0.717) is 0 Å². The summed E-state index contributed by atoms with van der Waals surface area (Å²) >= 11 is 0. The van der Waals surface area contributed by atoms with Crippen molar-refractivity contribution in [1.82, 2.24) is 0 Å². The Morgan fingerprint density at radius 1 is 0.583 bits per heavy atom. The SMILES string of the molecule is C#C.c1ccc2ccccc2c1. The van der Waals surface area contributed by atoms with Gasteiger partial charge >= 0.3 is 0 Å². The summed E-state index contributed by atoms with van der Waals surface area (Å²) in [6, 6.07) is 16.7. The summed E-state index contributed by atoms with van der Waals surface area (Å²) in [4.78, 5) is 0. The molecule has 0 unspecified atom stereocenters. The molecule has 2 aromatic rings. The number of terminal acetylenes is 1. The van der Waals surface area contributed by atoms with Gasteiger partial charge in [-0.2, -0.15) is 0 Å². The maximum atomic E-state index is 4.00. The van der Waals surface area contributed by atoms with E-state index in [0.717, 1.165) is 0 Å². The average molecular weight is 154 g/mol. The third kappa shape index (κ3) is 1.65. The fourth-order valence-corrected chi connectivity index (χ4v) is 1.13. The molecule has 0 radical (unpaired) electrons. The van der Waals surface area contributed by atoms with E-state index >= 15 is 0 Å². The molecule has 2 aromatic carbocycles. The molecule has 2 rings (SSSR count). The van der Waals surface area contributed by atoms with E-state index in [-0.39, 0.29) is 0 Å². The van der Waals surface area contributed by atoms with Crippen molar-refractivity contribution >= 4 is 10.8 Å². The lowest BCUT2D eigenvalue weighted by Crippen LogP contribution is -1.67. The Balaban J connectivity index is 0.000000336. The van der Waals surface area contributed by atoms with Gasteiger partial charge in [0.2, 0.25) is 0 Å². The first kappa shape index (κ1) is 8.36. The maximum Gasteiger partial charge on any atom is -0.0184 e. The Morgan fingerprint density at radius 2 is 0.833 bits per heavy atom. The van der Waals surface area contributed by atoms with Crippen LogP contribution in [0.4, 0.5) is 0 Å². The van der Waals surface area contributed by atoms with Crippen molar-refractivity contribution < 1.29 is 0 Å². The van der Waals surface area contributed by atoms with Crippen LogP contribution in [-0.2, 0) is 0 Å². The van der Waals surface area contributed by atoms with Gasteiger partial charge in [-0.3, -0.25) is 0 Å². The molecule has 0 aliphatic rings. The van der Waals surface area contributed by atoms with Gasteiger partial charge in [0.25, 0.3) is 0 Å². The van der Waals surface area contributed by atoms with E-state index < -0.39 is 0 Å². The molecule has 0 aliphatic carbocycles. The Hall–Kier alpha value is -1.74. The van der Waals surface area contributed by atoms with Gasteiger partial charge in [-0.1, -0.05) is 48.5 Å². The second-order valence-electron chi connectivity index (χ2n) is 2.35. The molecule has 0 aromatic heterocycles. The van der Waals surface area contributed by atoms with Crippen LogP contribution in [0.3, 0.4) is 0 Å². The molecule has 0 heteroatoms. The van der Waals surface area contributed by atoms with E-state index in [4.69, 9.17) is 0 Å². The van der Waals surface area contributed by atoms with Gasteiger partial charge < -0.3 is 0 Å². The molecule has 0 saturated heterocycles. The third-order valence-corrected chi connectivity index (χ3v) is 1.66. The molecular weight excluding hydrogens is 144 g/mol. The van der Waals surface area contributed by atoms with Gasteiger partial charge in [0.1, 0.15) is 0 Å². The van der Waals surface area contributed by atoms with Crippen LogP contribution in [0.5, 0.6) is 0 Å². The Labute approximate surface area is 72.8 Å². The molecule has 0 N–H and O–H groups in total. The predicted octanol–water partition coefficient (Wildman–Crippen LogP) is 3.09. The van der Waals surface area contributed by atoms with Gasteiger partial charge in [0.05, 0.1) is 0 Å². The smallest absolute Gasteiger partial charge is 0.0184 e. The van der Waals surface area contributed by atoms with Crippen molar-refractivity contribution in [2.75, 3.05) is 0 Å². The third-order valence-electron chi connectivity index (χ3n) is 1.66. The summed E-state index contributed by atoms with van der Waals surface area (Å²) in [5.74, 6) is 0. The van der Waals surface area contributed by atoms with Crippen molar-refractivity contribution in [3.63, 3.8) is 0 Å². The molecule has 0 heterocycles. The maximum absolute atomic E-state index is 4.00. The minimum Gasteiger partial charge on any atom is -0.124 e. The van der Waals surface area contributed by atoms with Gasteiger partial charge in [-0.05, 0) is 10.8 Å². The van der Waals surface area contributed by atoms with E-state index in [1.165, 1.54) is 10.8 Å². The lowest BCUT2D eigenvalue weighted by atomic mass is 10.1. The van der Waals surface area contributed by atoms with Crippen LogP contribution >= 0.6 is 0 Å². The summed E-state index contributed by atoms with van der Waals surface area (Å²) in [6.45, 7) is 0. The fourth-order valence-electron chi connectivity index (χ4n) is 1.13. The minimum atomic E-state index is 1.31. The monoisotopic (exact) mass is 154 g/mol. The lowest BCUT2D eigenvalue weighted by Gasteiger charge is -1.92. The quantitative estimate of drug-likeness (QED) is 0.511. The predicted molar refractivity (Wildman–Crippen MR) is 53.8 cm³/mol. The summed E-state index contributed by atoms with van der Waals surface area (Å²) in [5.41, 5.74) is 0. The van der Waals surface area contributed by atoms with E-state index in [2.05, 4.69) is 61.4 Å². The van der Waals surface area contributed by atoms with Gasteiger partial charge in [-0.25, -0.2) is 0 Å². The largest absolute Gasteiger partial charge is 0.124 e. The molecule has 12 heavy (non-hydrogen) atoms. The molecule has 0 atom stereocenters. The first-order valence-electron chi connectivity index (χ1n) is 3.74. The van der Waals surface area contributed by atoms with Gasteiger partial charge in [-0.15, -0.1) is 12.8 Å². The van der Waals surface area contributed by atoms with Crippen LogP contribution in [0.2, 0.25) is 0 Å². The summed E-state index contributed by atoms with van der Waals surface area (Å²) in [6.07, 6.45) is 8.00. The standard InChI is InChI=1S/C10H8.C2H2/c1-2-6-10-8-4-3-7-9(10)5-1;1-2/h1-8H;1-2H. The van der Waals surface area contributed by atoms with Crippen molar-refractivity contribution in [3.8, 4) is 12.8 Å². The fraction of sp³-hybridized carbons (Fsp3) is 0. The number of fused-ring (bicyclic) bond motifs is 1. The van der Waals surface area contributed by atoms with Crippen LogP contribution in [-0.4, -0.2) is 0 Å². The summed E-state index contributed by atoms with van der Waals surface area (Å²) in [5, 5.41) is 2.62. The van der Waals surface area contributed by atoms with Crippen molar-refractivity contribution in [2.24, 2.45) is 0 Å². The van der Waals surface area contributed by atoms with Crippen molar-refractivity contribution in [2.45, 2.75) is 0 Å². The van der Waals surface area contributed by atoms with E-state index in [9.17, 15) is 0 Å². The molecule has 0 aliphatic heterocycles. The number of hydrogen-bond acceptors (Lipinski definition) is 0. The van der Waals surface area contributed by atoms with Gasteiger partial charge in [0, 0.05) is 0 Å². The van der Waals surface area contributed by atoms with E-state index in [1.54, 1.807) is 0 Å². The topological polar surface area (TPSA) is 0 Å². The second kappa shape index (κ2) is 4.20. The Bertz CT molecular complexity index is 306. The zero-order valence-electron chi connectivity index (χ0n) is 6.77. The molecule has 0 nitrogen and oxygen atoms in total. The van der Waals surface area contributed by atoms with Crippen LogP contribution < -0.4 is 0 Å². The molecule has 0 spiro atoms. The number of rotatable bonds is 0. The molecule has 0 bridgehead atoms. The molecule has 58 valence electrons. The normalized spacial score (nSPS) is 8.50. The van der Waals surface area contributed by atoms with Crippen molar-refractivity contribution in [1.29, 1.82) is 0 Å². The van der Waals surface area contributed by atoms with Crippen LogP contribution in [0.15, 0.2) is 48.5 Å². The van der Waals surface area contributed by atoms with Crippen LogP contribution in [0.25, 0.3) is 10.8 Å². The molecular formula is C12H10. The molecule has 0 amide bonds. The first-order chi connectivity index (χ1) is 5.97. The second-order valence-corrected chi connectivity index (χ2v) is 2.35. The highest BCUT2D eigenvalue weighted by molar-refractivity contribution is 5.81. The molecule has 0 saturated carbocycles. The van der Waals surface area contributed by atoms with Gasteiger partial charge in [0.15, 0.2) is 0 Å². The highest BCUT2D eigenvalue weighted by atomic mass is 13.9. The highest BCUT2D eigenvalue weighted by Gasteiger charge is 1.85. The number of benzene rings is 2. The molecule has 0 fully saturated rings. The zero-order chi connectivity index (χ0) is 8.81. The summed E-state index contributed by atoms with van der Waals surface area (Å²) < 4.78 is 0. The Kier molecular flexibility index (Phi) is 2.93.